The van der Waals surface area contributed by atoms with Crippen LogP contribution in [0.2, 0.25) is 0 Å². The molecule has 0 aliphatic heterocycles. The van der Waals surface area contributed by atoms with Crippen molar-refractivity contribution in [3.63, 3.8) is 0 Å². The first-order valence-corrected chi connectivity index (χ1v) is 9.26. The maximum Gasteiger partial charge on any atom is 0.234 e. The predicted molar refractivity (Wildman–Crippen MR) is 101 cm³/mol. The van der Waals surface area contributed by atoms with E-state index in [2.05, 4.69) is 20.8 Å². The van der Waals surface area contributed by atoms with E-state index in [0.717, 1.165) is 0 Å². The summed E-state index contributed by atoms with van der Waals surface area (Å²) in [6, 6.07) is 11.9. The van der Waals surface area contributed by atoms with E-state index in [1.807, 2.05) is 31.2 Å². The largest absolute Gasteiger partial charge is 0.492 e. The van der Waals surface area contributed by atoms with Gasteiger partial charge in [-0.1, -0.05) is 30.0 Å². The molecule has 3 rings (SSSR count). The maximum atomic E-state index is 13.6. The van der Waals surface area contributed by atoms with Crippen molar-refractivity contribution < 1.29 is 13.9 Å². The molecule has 0 radical (unpaired) electrons. The summed E-state index contributed by atoms with van der Waals surface area (Å²) in [7, 11) is 0. The average Bonchev–Trinajstić information content (AvgIpc) is 3.12. The second kappa shape index (κ2) is 8.63. The third kappa shape index (κ3) is 4.62. The first-order valence-electron chi connectivity index (χ1n) is 8.28. The Balaban J connectivity index is 1.68. The molecule has 1 aromatic heterocycles. The van der Waals surface area contributed by atoms with Crippen LogP contribution in [0, 0.1) is 12.7 Å². The minimum atomic E-state index is -0.364. The van der Waals surface area contributed by atoms with Crippen molar-refractivity contribution in [3.8, 4) is 11.4 Å². The number of hydrogen-bond acceptors (Lipinski definition) is 6. The molecule has 0 saturated carbocycles. The smallest absolute Gasteiger partial charge is 0.234 e. The number of aromatic nitrogens is 4. The number of tetrazole rings is 1. The molecule has 0 unspecified atom stereocenters. The third-order valence-electron chi connectivity index (χ3n) is 3.62. The van der Waals surface area contributed by atoms with Crippen LogP contribution in [0.15, 0.2) is 47.6 Å². The number of nitrogens with one attached hydrogen (secondary N) is 1. The van der Waals surface area contributed by atoms with E-state index in [4.69, 9.17) is 4.74 Å². The summed E-state index contributed by atoms with van der Waals surface area (Å²) in [5.74, 6) is 0.0775. The summed E-state index contributed by atoms with van der Waals surface area (Å²) in [4.78, 5) is 12.2. The van der Waals surface area contributed by atoms with Gasteiger partial charge >= 0.3 is 0 Å². The van der Waals surface area contributed by atoms with Gasteiger partial charge in [-0.25, -0.2) is 4.39 Å². The van der Waals surface area contributed by atoms with Crippen molar-refractivity contribution >= 4 is 23.4 Å². The minimum absolute atomic E-state index is 0.0761. The summed E-state index contributed by atoms with van der Waals surface area (Å²) < 4.78 is 20.7. The van der Waals surface area contributed by atoms with Gasteiger partial charge in [0.25, 0.3) is 0 Å². The monoisotopic (exact) mass is 387 g/mol. The Morgan fingerprint density at radius 1 is 1.30 bits per heavy atom. The zero-order valence-electron chi connectivity index (χ0n) is 14.8. The molecule has 0 fully saturated rings. The molecule has 1 amide bonds. The summed E-state index contributed by atoms with van der Waals surface area (Å²) in [5, 5.41) is 14.8. The molecule has 3 aromatic rings. The number of nitrogens with zero attached hydrogens (tertiary/aromatic N) is 4. The fraction of sp³-hybridized carbons (Fsp3) is 0.222. The van der Waals surface area contributed by atoms with Crippen LogP contribution in [0.3, 0.4) is 0 Å². The van der Waals surface area contributed by atoms with Crippen LogP contribution in [0.5, 0.6) is 5.75 Å². The second-order valence-corrected chi connectivity index (χ2v) is 6.52. The van der Waals surface area contributed by atoms with Gasteiger partial charge < -0.3 is 10.1 Å². The molecule has 140 valence electrons. The van der Waals surface area contributed by atoms with Gasteiger partial charge in [0.05, 0.1) is 12.4 Å². The highest BCUT2D eigenvalue weighted by Gasteiger charge is 2.15. The molecule has 9 heteroatoms. The Hall–Kier alpha value is -2.94. The average molecular weight is 387 g/mol. The van der Waals surface area contributed by atoms with Crippen LogP contribution in [-0.4, -0.2) is 38.5 Å². The van der Waals surface area contributed by atoms with E-state index >= 15 is 0 Å². The van der Waals surface area contributed by atoms with Crippen LogP contribution in [-0.2, 0) is 4.79 Å². The van der Waals surface area contributed by atoms with E-state index in [-0.39, 0.29) is 17.5 Å². The molecule has 0 aliphatic carbocycles. The number of anilines is 1. The van der Waals surface area contributed by atoms with Crippen molar-refractivity contribution in [2.75, 3.05) is 17.7 Å². The fourth-order valence-electron chi connectivity index (χ4n) is 2.33. The van der Waals surface area contributed by atoms with E-state index in [1.165, 1.54) is 22.5 Å². The summed E-state index contributed by atoms with van der Waals surface area (Å²) >= 11 is 1.18. The maximum absolute atomic E-state index is 13.6. The summed E-state index contributed by atoms with van der Waals surface area (Å²) in [5.41, 5.74) is 1.62. The van der Waals surface area contributed by atoms with Crippen LogP contribution < -0.4 is 10.1 Å². The number of carbonyl (C=O) groups is 1. The Morgan fingerprint density at radius 2 is 2.11 bits per heavy atom. The van der Waals surface area contributed by atoms with Gasteiger partial charge in [-0.3, -0.25) is 4.79 Å². The summed E-state index contributed by atoms with van der Waals surface area (Å²) in [6.45, 7) is 4.07. The van der Waals surface area contributed by atoms with E-state index < -0.39 is 0 Å². The van der Waals surface area contributed by atoms with Crippen molar-refractivity contribution in [2.24, 2.45) is 0 Å². The molecular weight excluding hydrogens is 369 g/mol. The number of thioether (sulfide) groups is 1. The highest BCUT2D eigenvalue weighted by atomic mass is 32.2. The van der Waals surface area contributed by atoms with Gasteiger partial charge in [-0.15, -0.1) is 5.10 Å². The highest BCUT2D eigenvalue weighted by molar-refractivity contribution is 7.99. The number of hydrogen-bond donors (Lipinski definition) is 1. The Morgan fingerprint density at radius 3 is 2.89 bits per heavy atom. The lowest BCUT2D eigenvalue weighted by Crippen LogP contribution is -2.15. The van der Waals surface area contributed by atoms with Gasteiger partial charge in [0, 0.05) is 5.69 Å². The Kier molecular flexibility index (Phi) is 6.02. The molecule has 2 aromatic carbocycles. The van der Waals surface area contributed by atoms with Gasteiger partial charge in [-0.05, 0) is 54.1 Å². The van der Waals surface area contributed by atoms with E-state index in [1.54, 1.807) is 19.1 Å². The van der Waals surface area contributed by atoms with E-state index in [9.17, 15) is 9.18 Å². The molecule has 0 aliphatic rings. The van der Waals surface area contributed by atoms with Gasteiger partial charge in [0.2, 0.25) is 11.1 Å². The number of ether oxygens (including phenoxy) is 1. The van der Waals surface area contributed by atoms with Crippen molar-refractivity contribution in [1.82, 2.24) is 20.2 Å². The Labute approximate surface area is 159 Å². The van der Waals surface area contributed by atoms with Crippen LogP contribution in [0.4, 0.5) is 10.1 Å². The van der Waals surface area contributed by atoms with Crippen LogP contribution >= 0.6 is 11.8 Å². The highest BCUT2D eigenvalue weighted by Crippen LogP contribution is 2.26. The van der Waals surface area contributed by atoms with Crippen molar-refractivity contribution in [2.45, 2.75) is 19.0 Å². The normalized spacial score (nSPS) is 10.6. The molecule has 0 bridgehead atoms. The van der Waals surface area contributed by atoms with Crippen LogP contribution in [0.25, 0.3) is 5.69 Å². The lowest BCUT2D eigenvalue weighted by molar-refractivity contribution is -0.113. The van der Waals surface area contributed by atoms with Crippen molar-refractivity contribution in [1.29, 1.82) is 0 Å². The molecule has 1 N–H and O–H groups in total. The number of halogens is 1. The third-order valence-corrected chi connectivity index (χ3v) is 4.54. The molecule has 27 heavy (non-hydrogen) atoms. The zero-order chi connectivity index (χ0) is 19.2. The topological polar surface area (TPSA) is 81.9 Å². The zero-order valence-corrected chi connectivity index (χ0v) is 15.7. The first-order chi connectivity index (χ1) is 13.1. The number of carbonyl (C=O) groups excluding carboxylic acids is 1. The van der Waals surface area contributed by atoms with E-state index in [0.29, 0.717) is 34.5 Å². The standard InChI is InChI=1S/C18H18FN5O2S/c1-3-26-16-7-5-4-6-15(16)24-18(21-22-23-24)27-11-17(25)20-13-9-8-12(2)14(19)10-13/h4-10H,3,11H2,1-2H3,(H,20,25). The number of para-hydroxylation sites is 2. The van der Waals surface area contributed by atoms with Gasteiger partial charge in [0.1, 0.15) is 17.3 Å². The number of aryl methyl sites for hydroxylation is 1. The van der Waals surface area contributed by atoms with Crippen LogP contribution in [0.1, 0.15) is 12.5 Å². The quantitative estimate of drug-likeness (QED) is 0.627. The lowest BCUT2D eigenvalue weighted by atomic mass is 10.2. The first kappa shape index (κ1) is 18.8. The summed E-state index contributed by atoms with van der Waals surface area (Å²) in [6.07, 6.45) is 0. The van der Waals surface area contributed by atoms with Gasteiger partial charge in [-0.2, -0.15) is 4.68 Å². The molecule has 7 nitrogen and oxygen atoms in total. The SMILES string of the molecule is CCOc1ccccc1-n1nnnc1SCC(=O)Nc1ccc(C)c(F)c1. The number of amides is 1. The fourth-order valence-corrected chi connectivity index (χ4v) is 3.01. The molecule has 0 atom stereocenters. The van der Waals surface area contributed by atoms with Gasteiger partial charge in [0.15, 0.2) is 0 Å². The Bertz CT molecular complexity index is 947. The molecule has 0 saturated heterocycles. The number of rotatable bonds is 7. The lowest BCUT2D eigenvalue weighted by Gasteiger charge is -2.10. The second-order valence-electron chi connectivity index (χ2n) is 5.57. The minimum Gasteiger partial charge on any atom is -0.492 e. The number of benzene rings is 2. The molecule has 0 spiro atoms. The molecule has 1 heterocycles. The predicted octanol–water partition coefficient (Wildman–Crippen LogP) is 3.24. The molecular formula is C18H18FN5O2S. The van der Waals surface area contributed by atoms with Crippen molar-refractivity contribution in [3.05, 3.63) is 53.8 Å².